The fourth-order valence-corrected chi connectivity index (χ4v) is 6.21. The van der Waals surface area contributed by atoms with Crippen molar-refractivity contribution in [2.45, 2.75) is 30.6 Å². The summed E-state index contributed by atoms with van der Waals surface area (Å²) in [6.45, 7) is -0.645. The highest BCUT2D eigenvalue weighted by atomic mass is 35.5. The predicted molar refractivity (Wildman–Crippen MR) is 136 cm³/mol. The number of nitrogens with zero attached hydrogens (tertiary/aromatic N) is 1. The number of H-pyrrole nitrogens is 1. The summed E-state index contributed by atoms with van der Waals surface area (Å²) >= 11 is 6.67. The molecule has 0 aliphatic carbocycles. The van der Waals surface area contributed by atoms with Crippen LogP contribution in [-0.4, -0.2) is 77.9 Å². The van der Waals surface area contributed by atoms with Crippen LogP contribution in [0.3, 0.4) is 0 Å². The molecule has 1 fully saturated rings. The number of halogens is 1. The van der Waals surface area contributed by atoms with Gasteiger partial charge in [0.05, 0.1) is 44.8 Å². The molecule has 0 bridgehead atoms. The molecule has 2 aliphatic heterocycles. The Morgan fingerprint density at radius 1 is 0.868 bits per heavy atom. The van der Waals surface area contributed by atoms with E-state index in [1.807, 2.05) is 0 Å². The summed E-state index contributed by atoms with van der Waals surface area (Å²) < 4.78 is 7.42. The zero-order chi connectivity index (χ0) is 26.6. The predicted octanol–water partition coefficient (Wildman–Crippen LogP) is 1.64. The van der Waals surface area contributed by atoms with Gasteiger partial charge in [-0.15, -0.1) is 0 Å². The largest absolute Gasteiger partial charge is 0.506 e. The number of hydrogen-bond acceptors (Lipinski definition) is 8. The molecule has 194 valence electrons. The molecule has 2 aliphatic rings. The lowest BCUT2D eigenvalue weighted by Gasteiger charge is -2.41. The zero-order valence-electron chi connectivity index (χ0n) is 19.3. The smallest absolute Gasteiger partial charge is 0.259 e. The van der Waals surface area contributed by atoms with Crippen LogP contribution in [0.25, 0.3) is 43.6 Å². The number of benzene rings is 3. The summed E-state index contributed by atoms with van der Waals surface area (Å²) in [5.41, 5.74) is 1.54. The van der Waals surface area contributed by atoms with E-state index in [1.165, 1.54) is 10.6 Å². The molecule has 0 unspecified atom stereocenters. The molecule has 0 spiro atoms. The molecule has 5 aromatic rings. The molecule has 2 amide bonds. The van der Waals surface area contributed by atoms with Crippen molar-refractivity contribution in [3.05, 3.63) is 52.5 Å². The van der Waals surface area contributed by atoms with Crippen molar-refractivity contribution in [3.63, 3.8) is 0 Å². The Morgan fingerprint density at radius 3 is 2.29 bits per heavy atom. The number of fused-ring (bicyclic) bond motifs is 10. The van der Waals surface area contributed by atoms with Gasteiger partial charge in [0, 0.05) is 21.5 Å². The van der Waals surface area contributed by atoms with Crippen molar-refractivity contribution in [1.82, 2.24) is 14.9 Å². The first-order valence-electron chi connectivity index (χ1n) is 11.8. The first-order chi connectivity index (χ1) is 18.2. The number of nitrogens with one attached hydrogen (secondary N) is 2. The fourth-order valence-electron chi connectivity index (χ4n) is 5.94. The molecular formula is C26H20ClN3O8. The van der Waals surface area contributed by atoms with E-state index in [4.69, 9.17) is 16.3 Å². The lowest BCUT2D eigenvalue weighted by atomic mass is 9.96. The second-order valence-corrected chi connectivity index (χ2v) is 9.96. The van der Waals surface area contributed by atoms with Gasteiger partial charge in [0.1, 0.15) is 30.2 Å². The number of carbonyl (C=O) groups excluding carboxylic acids is 2. The van der Waals surface area contributed by atoms with Gasteiger partial charge in [0.2, 0.25) is 0 Å². The van der Waals surface area contributed by atoms with Crippen LogP contribution in [0.5, 0.6) is 5.75 Å². The third kappa shape index (κ3) is 2.80. The van der Waals surface area contributed by atoms with Crippen LogP contribution in [0, 0.1) is 0 Å². The van der Waals surface area contributed by atoms with Crippen molar-refractivity contribution in [2.75, 3.05) is 6.61 Å². The Hall–Kier alpha value is -3.71. The molecule has 11 nitrogen and oxygen atoms in total. The van der Waals surface area contributed by atoms with Crippen molar-refractivity contribution in [3.8, 4) is 5.75 Å². The summed E-state index contributed by atoms with van der Waals surface area (Å²) in [5.74, 6) is -1.31. The number of para-hydroxylation sites is 2. The highest BCUT2D eigenvalue weighted by Crippen LogP contribution is 2.48. The summed E-state index contributed by atoms with van der Waals surface area (Å²) in [6, 6.07) is 9.76. The van der Waals surface area contributed by atoms with Crippen LogP contribution in [0.2, 0.25) is 5.02 Å². The van der Waals surface area contributed by atoms with Gasteiger partial charge < -0.3 is 39.8 Å². The van der Waals surface area contributed by atoms with E-state index in [0.717, 1.165) is 0 Å². The number of hydrogen-bond donors (Lipinski definition) is 7. The monoisotopic (exact) mass is 537 g/mol. The lowest BCUT2D eigenvalue weighted by Crippen LogP contribution is -2.56. The zero-order valence-corrected chi connectivity index (χ0v) is 20.1. The third-order valence-electron chi connectivity index (χ3n) is 7.58. The highest BCUT2D eigenvalue weighted by Gasteiger charge is 2.46. The van der Waals surface area contributed by atoms with Crippen molar-refractivity contribution < 1.29 is 39.9 Å². The van der Waals surface area contributed by atoms with Crippen LogP contribution in [0.15, 0.2) is 36.4 Å². The number of aliphatic hydroxyl groups excluding tert-OH is 4. The molecule has 7 N–H and O–H groups in total. The van der Waals surface area contributed by atoms with E-state index >= 15 is 0 Å². The number of amides is 2. The minimum atomic E-state index is -1.68. The van der Waals surface area contributed by atoms with E-state index < -0.39 is 49.1 Å². The van der Waals surface area contributed by atoms with Crippen molar-refractivity contribution >= 4 is 67.0 Å². The Bertz CT molecular complexity index is 1860. The number of imide groups is 1. The number of aliphatic hydroxyl groups is 4. The first-order valence-corrected chi connectivity index (χ1v) is 12.2. The van der Waals surface area contributed by atoms with Crippen LogP contribution in [0.1, 0.15) is 26.9 Å². The Morgan fingerprint density at radius 2 is 1.55 bits per heavy atom. The van der Waals surface area contributed by atoms with Gasteiger partial charge in [-0.05, 0) is 12.1 Å². The number of phenols is 1. The number of ether oxygens (including phenoxy) is 1. The van der Waals surface area contributed by atoms with Crippen LogP contribution < -0.4 is 5.32 Å². The van der Waals surface area contributed by atoms with E-state index in [0.29, 0.717) is 43.6 Å². The minimum Gasteiger partial charge on any atom is -0.506 e. The highest BCUT2D eigenvalue weighted by molar-refractivity contribution is 6.42. The Balaban J connectivity index is 1.74. The minimum absolute atomic E-state index is 0.0844. The number of aromatic amines is 1. The average Bonchev–Trinajstić information content (AvgIpc) is 3.53. The second-order valence-electron chi connectivity index (χ2n) is 9.56. The van der Waals surface area contributed by atoms with Gasteiger partial charge in [0.15, 0.2) is 6.23 Å². The standard InChI is InChI=1S/C26H20ClN3O8/c27-10-5-1-4-9-14-16-15(24(36)29-25(16)37)13-8-3-2-6-11(32)17(8)28-18(13)20(14)30(19(9)10)26-23(35)22(34)21(33)12(7-31)38-26/h1-6,12,21-23,26,28,31-35H,7H2,(H,29,36,37)/t12-,21-,22+,23-,26-/m1/s1. The molecular weight excluding hydrogens is 518 g/mol. The topological polar surface area (TPSA) is 177 Å². The van der Waals surface area contributed by atoms with Crippen LogP contribution >= 0.6 is 11.6 Å². The van der Waals surface area contributed by atoms with Gasteiger partial charge in [-0.2, -0.15) is 0 Å². The quantitative estimate of drug-likeness (QED) is 0.166. The number of rotatable bonds is 2. The normalized spacial score (nSPS) is 25.7. The molecule has 38 heavy (non-hydrogen) atoms. The van der Waals surface area contributed by atoms with Gasteiger partial charge in [-0.3, -0.25) is 14.9 Å². The maximum Gasteiger partial charge on any atom is 0.259 e. The van der Waals surface area contributed by atoms with Gasteiger partial charge >= 0.3 is 0 Å². The number of aromatic nitrogens is 2. The number of phenolic OH excluding ortho intramolecular Hbond substituents is 1. The molecule has 3 aromatic carbocycles. The van der Waals surface area contributed by atoms with Crippen LogP contribution in [0.4, 0.5) is 0 Å². The van der Waals surface area contributed by atoms with Crippen molar-refractivity contribution in [1.29, 1.82) is 0 Å². The van der Waals surface area contributed by atoms with Gasteiger partial charge in [-0.1, -0.05) is 35.9 Å². The maximum atomic E-state index is 13.2. The molecule has 1 saturated heterocycles. The molecule has 5 atom stereocenters. The number of carbonyl (C=O) groups is 2. The Kier molecular flexibility index (Phi) is 4.87. The van der Waals surface area contributed by atoms with Gasteiger partial charge in [-0.25, -0.2) is 0 Å². The maximum absolute atomic E-state index is 13.2. The summed E-state index contributed by atoms with van der Waals surface area (Å²) in [5, 5.41) is 56.7. The summed E-state index contributed by atoms with van der Waals surface area (Å²) in [7, 11) is 0. The lowest BCUT2D eigenvalue weighted by molar-refractivity contribution is -0.249. The Labute approximate surface area is 217 Å². The van der Waals surface area contributed by atoms with E-state index in [1.54, 1.807) is 30.3 Å². The molecule has 0 radical (unpaired) electrons. The molecule has 0 saturated carbocycles. The summed E-state index contributed by atoms with van der Waals surface area (Å²) in [6.07, 6.45) is -7.52. The first kappa shape index (κ1) is 23.4. The van der Waals surface area contributed by atoms with E-state index in [2.05, 4.69) is 10.3 Å². The second kappa shape index (κ2) is 7.90. The molecule has 12 heteroatoms. The third-order valence-corrected chi connectivity index (χ3v) is 7.88. The molecule has 7 rings (SSSR count). The van der Waals surface area contributed by atoms with Crippen LogP contribution in [-0.2, 0) is 4.74 Å². The summed E-state index contributed by atoms with van der Waals surface area (Å²) in [4.78, 5) is 29.5. The average molecular weight is 538 g/mol. The SMILES string of the molecule is O=C1NC(=O)c2c1c1c3cccc(O)c3[nH]c1c1c2c2cccc(Cl)c2n1[C@@H]1O[C@H](CO)[C@@H](O)[C@H](O)[C@H]1O. The molecule has 2 aromatic heterocycles. The van der Waals surface area contributed by atoms with Gasteiger partial charge in [0.25, 0.3) is 11.8 Å². The van der Waals surface area contributed by atoms with E-state index in [9.17, 15) is 35.1 Å². The molecule has 4 heterocycles. The van der Waals surface area contributed by atoms with E-state index in [-0.39, 0.29) is 21.9 Å². The number of aromatic hydroxyl groups is 1. The fraction of sp³-hybridized carbons (Fsp3) is 0.231. The van der Waals surface area contributed by atoms with Crippen molar-refractivity contribution in [2.24, 2.45) is 0 Å².